The van der Waals surface area contributed by atoms with E-state index in [1.807, 2.05) is 25.1 Å². The first-order valence-electron chi connectivity index (χ1n) is 7.15. The molecule has 0 fully saturated rings. The number of carbonyl (C=O) groups excluding carboxylic acids is 1. The fourth-order valence-corrected chi connectivity index (χ4v) is 2.72. The number of aromatic nitrogens is 1. The molecule has 1 amide bonds. The molecule has 0 spiro atoms. The molecule has 0 saturated heterocycles. The number of amides is 1. The topological polar surface area (TPSA) is 64.4 Å². The SMILES string of the molecule is CCC(=O)Nc1ccc2oc(-c3ccc(OC)c(Br)c3)nc2c1. The van der Waals surface area contributed by atoms with Gasteiger partial charge in [-0.1, -0.05) is 6.92 Å². The van der Waals surface area contributed by atoms with Crippen LogP contribution in [-0.4, -0.2) is 18.0 Å². The summed E-state index contributed by atoms with van der Waals surface area (Å²) in [6.07, 6.45) is 0.433. The van der Waals surface area contributed by atoms with Crippen LogP contribution in [0.4, 0.5) is 5.69 Å². The fraction of sp³-hybridized carbons (Fsp3) is 0.176. The van der Waals surface area contributed by atoms with Gasteiger partial charge >= 0.3 is 0 Å². The Morgan fingerprint density at radius 3 is 2.83 bits per heavy atom. The highest BCUT2D eigenvalue weighted by atomic mass is 79.9. The van der Waals surface area contributed by atoms with Crippen LogP contribution in [0.25, 0.3) is 22.6 Å². The molecule has 0 atom stereocenters. The molecule has 5 nitrogen and oxygen atoms in total. The smallest absolute Gasteiger partial charge is 0.227 e. The van der Waals surface area contributed by atoms with Crippen LogP contribution in [0.3, 0.4) is 0 Å². The van der Waals surface area contributed by atoms with E-state index in [1.54, 1.807) is 25.3 Å². The molecule has 1 N–H and O–H groups in total. The summed E-state index contributed by atoms with van der Waals surface area (Å²) in [7, 11) is 1.62. The van der Waals surface area contributed by atoms with E-state index in [9.17, 15) is 4.79 Å². The minimum atomic E-state index is -0.0350. The summed E-state index contributed by atoms with van der Waals surface area (Å²) < 4.78 is 11.8. The maximum atomic E-state index is 11.5. The van der Waals surface area contributed by atoms with Crippen LogP contribution in [0.1, 0.15) is 13.3 Å². The number of nitrogens with one attached hydrogen (secondary N) is 1. The quantitative estimate of drug-likeness (QED) is 0.723. The average molecular weight is 375 g/mol. The summed E-state index contributed by atoms with van der Waals surface area (Å²) in [5.74, 6) is 1.23. The third kappa shape index (κ3) is 3.22. The number of fused-ring (bicyclic) bond motifs is 1. The number of nitrogens with zero attached hydrogens (tertiary/aromatic N) is 1. The van der Waals surface area contributed by atoms with Gasteiger partial charge < -0.3 is 14.5 Å². The first kappa shape index (κ1) is 15.6. The Kier molecular flexibility index (Phi) is 4.34. The van der Waals surface area contributed by atoms with Gasteiger partial charge in [-0.3, -0.25) is 4.79 Å². The summed E-state index contributed by atoms with van der Waals surface area (Å²) in [5.41, 5.74) is 2.91. The van der Waals surface area contributed by atoms with Gasteiger partial charge in [-0.2, -0.15) is 0 Å². The Morgan fingerprint density at radius 2 is 2.13 bits per heavy atom. The van der Waals surface area contributed by atoms with Gasteiger partial charge in [-0.25, -0.2) is 4.98 Å². The highest BCUT2D eigenvalue weighted by Crippen LogP contribution is 2.32. The number of carbonyl (C=O) groups is 1. The standard InChI is InChI=1S/C17H15BrN2O3/c1-3-16(21)19-11-5-7-15-13(9-11)20-17(23-15)10-4-6-14(22-2)12(18)8-10/h4-9H,3H2,1-2H3,(H,19,21). The number of rotatable bonds is 4. The Hall–Kier alpha value is -2.34. The molecule has 0 unspecified atom stereocenters. The molecule has 3 aromatic rings. The molecule has 0 radical (unpaired) electrons. The van der Waals surface area contributed by atoms with Gasteiger partial charge in [-0.15, -0.1) is 0 Å². The summed E-state index contributed by atoms with van der Waals surface area (Å²) in [5, 5.41) is 2.81. The van der Waals surface area contributed by atoms with Crippen molar-refractivity contribution in [1.82, 2.24) is 4.98 Å². The lowest BCUT2D eigenvalue weighted by molar-refractivity contribution is -0.115. The zero-order chi connectivity index (χ0) is 16.4. The van der Waals surface area contributed by atoms with E-state index >= 15 is 0 Å². The molecule has 1 aromatic heterocycles. The lowest BCUT2D eigenvalue weighted by atomic mass is 10.2. The van der Waals surface area contributed by atoms with Gasteiger partial charge in [0.25, 0.3) is 0 Å². The van der Waals surface area contributed by atoms with Crippen molar-refractivity contribution in [3.63, 3.8) is 0 Å². The molecule has 118 valence electrons. The number of benzene rings is 2. The highest BCUT2D eigenvalue weighted by Gasteiger charge is 2.11. The molecule has 0 aliphatic carbocycles. The number of anilines is 1. The first-order chi connectivity index (χ1) is 11.1. The second kappa shape index (κ2) is 6.42. The molecule has 23 heavy (non-hydrogen) atoms. The average Bonchev–Trinajstić information content (AvgIpc) is 2.97. The van der Waals surface area contributed by atoms with Gasteiger partial charge in [0.1, 0.15) is 11.3 Å². The molecule has 3 rings (SSSR count). The van der Waals surface area contributed by atoms with Crippen LogP contribution < -0.4 is 10.1 Å². The Bertz CT molecular complexity index is 873. The number of hydrogen-bond donors (Lipinski definition) is 1. The molecule has 2 aromatic carbocycles. The largest absolute Gasteiger partial charge is 0.496 e. The van der Waals surface area contributed by atoms with Gasteiger partial charge in [0.15, 0.2) is 5.58 Å². The van der Waals surface area contributed by atoms with Crippen LogP contribution in [0, 0.1) is 0 Å². The molecule has 0 aliphatic rings. The highest BCUT2D eigenvalue weighted by molar-refractivity contribution is 9.10. The lowest BCUT2D eigenvalue weighted by Gasteiger charge is -2.03. The molecule has 1 heterocycles. The molecular weight excluding hydrogens is 360 g/mol. The maximum Gasteiger partial charge on any atom is 0.227 e. The van der Waals surface area contributed by atoms with E-state index in [2.05, 4.69) is 26.2 Å². The van der Waals surface area contributed by atoms with Crippen LogP contribution in [-0.2, 0) is 4.79 Å². The van der Waals surface area contributed by atoms with E-state index in [0.29, 0.717) is 29.1 Å². The molecule has 0 aliphatic heterocycles. The third-order valence-corrected chi connectivity index (χ3v) is 4.01. The van der Waals surface area contributed by atoms with Crippen molar-refractivity contribution in [3.8, 4) is 17.2 Å². The van der Waals surface area contributed by atoms with Gasteiger partial charge in [-0.05, 0) is 52.3 Å². The summed E-state index contributed by atoms with van der Waals surface area (Å²) in [4.78, 5) is 16.0. The van der Waals surface area contributed by atoms with E-state index in [0.717, 1.165) is 15.8 Å². The summed E-state index contributed by atoms with van der Waals surface area (Å²) in [6, 6.07) is 11.0. The van der Waals surface area contributed by atoms with Crippen LogP contribution in [0.5, 0.6) is 5.75 Å². The number of ether oxygens (including phenoxy) is 1. The van der Waals surface area contributed by atoms with Crippen molar-refractivity contribution in [3.05, 3.63) is 40.9 Å². The van der Waals surface area contributed by atoms with Crippen LogP contribution in [0.15, 0.2) is 45.3 Å². The van der Waals surface area contributed by atoms with Crippen molar-refractivity contribution in [2.75, 3.05) is 12.4 Å². The minimum absolute atomic E-state index is 0.0350. The fourth-order valence-electron chi connectivity index (χ4n) is 2.18. The minimum Gasteiger partial charge on any atom is -0.496 e. The van der Waals surface area contributed by atoms with Gasteiger partial charge in [0.05, 0.1) is 11.6 Å². The monoisotopic (exact) mass is 374 g/mol. The van der Waals surface area contributed by atoms with Crippen LogP contribution >= 0.6 is 15.9 Å². The van der Waals surface area contributed by atoms with Gasteiger partial charge in [0.2, 0.25) is 11.8 Å². The molecule has 0 bridgehead atoms. The van der Waals surface area contributed by atoms with Crippen molar-refractivity contribution in [1.29, 1.82) is 0 Å². The van der Waals surface area contributed by atoms with E-state index in [1.165, 1.54) is 0 Å². The number of halogens is 1. The number of oxazole rings is 1. The first-order valence-corrected chi connectivity index (χ1v) is 7.94. The molecule has 6 heteroatoms. The predicted molar refractivity (Wildman–Crippen MR) is 92.6 cm³/mol. The van der Waals surface area contributed by atoms with E-state index in [4.69, 9.17) is 9.15 Å². The van der Waals surface area contributed by atoms with Crippen molar-refractivity contribution in [2.24, 2.45) is 0 Å². The normalized spacial score (nSPS) is 10.7. The maximum absolute atomic E-state index is 11.5. The number of hydrogen-bond acceptors (Lipinski definition) is 4. The second-order valence-corrected chi connectivity index (χ2v) is 5.81. The zero-order valence-electron chi connectivity index (χ0n) is 12.7. The molecular formula is C17H15BrN2O3. The Balaban J connectivity index is 1.96. The molecule has 0 saturated carbocycles. The summed E-state index contributed by atoms with van der Waals surface area (Å²) >= 11 is 3.45. The lowest BCUT2D eigenvalue weighted by Crippen LogP contribution is -2.08. The second-order valence-electron chi connectivity index (χ2n) is 4.95. The van der Waals surface area contributed by atoms with Crippen molar-refractivity contribution < 1.29 is 13.9 Å². The zero-order valence-corrected chi connectivity index (χ0v) is 14.3. The van der Waals surface area contributed by atoms with Gasteiger partial charge in [0, 0.05) is 17.7 Å². The third-order valence-electron chi connectivity index (χ3n) is 3.39. The number of methoxy groups -OCH3 is 1. The van der Waals surface area contributed by atoms with E-state index in [-0.39, 0.29) is 5.91 Å². The predicted octanol–water partition coefficient (Wildman–Crippen LogP) is 4.61. The summed E-state index contributed by atoms with van der Waals surface area (Å²) in [6.45, 7) is 1.81. The Labute approximate surface area is 141 Å². The Morgan fingerprint density at radius 1 is 1.30 bits per heavy atom. The van der Waals surface area contributed by atoms with Crippen LogP contribution in [0.2, 0.25) is 0 Å². The van der Waals surface area contributed by atoms with E-state index < -0.39 is 0 Å². The van der Waals surface area contributed by atoms with Crippen molar-refractivity contribution in [2.45, 2.75) is 13.3 Å². The van der Waals surface area contributed by atoms with Crippen molar-refractivity contribution >= 4 is 38.6 Å².